The van der Waals surface area contributed by atoms with Gasteiger partial charge in [-0.05, 0) is 61.6 Å². The molecule has 0 N–H and O–H groups in total. The van der Waals surface area contributed by atoms with Gasteiger partial charge in [-0.3, -0.25) is 9.78 Å². The molecule has 3 nitrogen and oxygen atoms in total. The Morgan fingerprint density at radius 2 is 2.00 bits per heavy atom. The van der Waals surface area contributed by atoms with Crippen molar-refractivity contribution < 1.29 is 9.18 Å². The van der Waals surface area contributed by atoms with Gasteiger partial charge in [0.25, 0.3) is 0 Å². The van der Waals surface area contributed by atoms with E-state index in [0.717, 1.165) is 54.9 Å². The Morgan fingerprint density at radius 1 is 1.24 bits per heavy atom. The van der Waals surface area contributed by atoms with Crippen molar-refractivity contribution in [3.63, 3.8) is 0 Å². The molecule has 25 heavy (non-hydrogen) atoms. The van der Waals surface area contributed by atoms with E-state index < -0.39 is 0 Å². The third kappa shape index (κ3) is 4.25. The first-order valence-corrected chi connectivity index (χ1v) is 9.09. The second-order valence-corrected chi connectivity index (χ2v) is 6.86. The van der Waals surface area contributed by atoms with Gasteiger partial charge >= 0.3 is 0 Å². The minimum atomic E-state index is -0.230. The summed E-state index contributed by atoms with van der Waals surface area (Å²) in [5.74, 6) is 0.291. The number of carbonyl (C=O) groups excluding carboxylic acids is 1. The van der Waals surface area contributed by atoms with E-state index in [1.165, 1.54) is 12.1 Å². The van der Waals surface area contributed by atoms with Gasteiger partial charge in [-0.25, -0.2) is 4.39 Å². The van der Waals surface area contributed by atoms with Gasteiger partial charge in [0.05, 0.1) is 0 Å². The van der Waals surface area contributed by atoms with Crippen LogP contribution in [0.4, 0.5) is 4.39 Å². The summed E-state index contributed by atoms with van der Waals surface area (Å²) in [5, 5.41) is 0. The van der Waals surface area contributed by atoms with E-state index in [2.05, 4.69) is 6.07 Å². The number of hydrogen-bond donors (Lipinski definition) is 0. The number of aromatic nitrogens is 1. The summed E-state index contributed by atoms with van der Waals surface area (Å²) in [5.41, 5.74) is 4.03. The van der Waals surface area contributed by atoms with Crippen LogP contribution in [0.5, 0.6) is 0 Å². The smallest absolute Gasteiger partial charge is 0.222 e. The van der Waals surface area contributed by atoms with Gasteiger partial charge < -0.3 is 4.90 Å². The fourth-order valence-electron chi connectivity index (χ4n) is 3.53. The average Bonchev–Trinajstić information content (AvgIpc) is 2.62. The zero-order valence-corrected chi connectivity index (χ0v) is 15.0. The zero-order chi connectivity index (χ0) is 17.8. The molecule has 4 heteroatoms. The quantitative estimate of drug-likeness (QED) is 0.808. The summed E-state index contributed by atoms with van der Waals surface area (Å²) in [4.78, 5) is 18.9. The third-order valence-electron chi connectivity index (χ3n) is 4.81. The molecule has 2 heterocycles. The SMILES string of the molecule is CCCC(=O)N1CCC[C@@H](c2cc(-c3ccc(F)cc3)cc(C)n2)C1. The molecule has 1 aliphatic rings. The first kappa shape index (κ1) is 17.6. The second-order valence-electron chi connectivity index (χ2n) is 6.86. The molecular weight excluding hydrogens is 315 g/mol. The number of benzene rings is 1. The van der Waals surface area contributed by atoms with Crippen LogP contribution in [0.2, 0.25) is 0 Å². The van der Waals surface area contributed by atoms with E-state index in [4.69, 9.17) is 4.98 Å². The van der Waals surface area contributed by atoms with Crippen LogP contribution >= 0.6 is 0 Å². The molecule has 2 aromatic rings. The molecule has 1 atom stereocenters. The maximum absolute atomic E-state index is 13.2. The molecule has 1 fully saturated rings. The largest absolute Gasteiger partial charge is 0.342 e. The minimum absolute atomic E-state index is 0.230. The molecule has 1 aromatic carbocycles. The first-order chi connectivity index (χ1) is 12.1. The number of rotatable bonds is 4. The Labute approximate surface area is 148 Å². The van der Waals surface area contributed by atoms with E-state index >= 15 is 0 Å². The summed E-state index contributed by atoms with van der Waals surface area (Å²) in [6.07, 6.45) is 3.57. The Hall–Kier alpha value is -2.23. The highest BCUT2D eigenvalue weighted by Crippen LogP contribution is 2.30. The van der Waals surface area contributed by atoms with Gasteiger partial charge in [0.2, 0.25) is 5.91 Å². The van der Waals surface area contributed by atoms with Crippen LogP contribution in [0.25, 0.3) is 11.1 Å². The lowest BCUT2D eigenvalue weighted by Crippen LogP contribution is -2.39. The van der Waals surface area contributed by atoms with Gasteiger partial charge in [0.1, 0.15) is 5.82 Å². The molecule has 1 saturated heterocycles. The van der Waals surface area contributed by atoms with Crippen molar-refractivity contribution >= 4 is 5.91 Å². The lowest BCUT2D eigenvalue weighted by molar-refractivity contribution is -0.132. The van der Waals surface area contributed by atoms with Crippen molar-refractivity contribution in [2.45, 2.75) is 45.4 Å². The molecule has 1 amide bonds. The number of carbonyl (C=O) groups is 1. The van der Waals surface area contributed by atoms with Crippen LogP contribution in [-0.2, 0) is 4.79 Å². The molecule has 0 aliphatic carbocycles. The number of nitrogens with zero attached hydrogens (tertiary/aromatic N) is 2. The van der Waals surface area contributed by atoms with Crippen molar-refractivity contribution in [2.24, 2.45) is 0 Å². The van der Waals surface area contributed by atoms with Gasteiger partial charge in [0, 0.05) is 36.8 Å². The lowest BCUT2D eigenvalue weighted by atomic mass is 9.92. The predicted octanol–water partition coefficient (Wildman–Crippen LogP) is 4.70. The Kier molecular flexibility index (Phi) is 5.47. The molecule has 0 radical (unpaired) electrons. The molecule has 0 bridgehead atoms. The maximum Gasteiger partial charge on any atom is 0.222 e. The summed E-state index contributed by atoms with van der Waals surface area (Å²) < 4.78 is 13.2. The number of amides is 1. The van der Waals surface area contributed by atoms with E-state index in [1.807, 2.05) is 24.8 Å². The van der Waals surface area contributed by atoms with Gasteiger partial charge in [0.15, 0.2) is 0 Å². The van der Waals surface area contributed by atoms with E-state index in [-0.39, 0.29) is 17.6 Å². The molecule has 0 unspecified atom stereocenters. The number of piperidine rings is 1. The Bertz CT molecular complexity index is 742. The zero-order valence-electron chi connectivity index (χ0n) is 15.0. The highest BCUT2D eigenvalue weighted by Gasteiger charge is 2.25. The summed E-state index contributed by atoms with van der Waals surface area (Å²) in [6.45, 7) is 5.62. The standard InChI is InChI=1S/C21H25FN2O/c1-3-5-21(25)24-11-4-6-17(14-24)20-13-18(12-15(2)23-20)16-7-9-19(22)10-8-16/h7-10,12-13,17H,3-6,11,14H2,1-2H3/t17-/m1/s1. The van der Waals surface area contributed by atoms with E-state index in [0.29, 0.717) is 6.42 Å². The molecule has 0 spiro atoms. The van der Waals surface area contributed by atoms with Crippen LogP contribution in [0.15, 0.2) is 36.4 Å². The fraction of sp³-hybridized carbons (Fsp3) is 0.429. The van der Waals surface area contributed by atoms with Gasteiger partial charge in [-0.2, -0.15) is 0 Å². The number of aryl methyl sites for hydroxylation is 1. The molecule has 1 aliphatic heterocycles. The van der Waals surface area contributed by atoms with Crippen LogP contribution in [0, 0.1) is 12.7 Å². The Balaban J connectivity index is 1.84. The van der Waals surface area contributed by atoms with Crippen LogP contribution in [-0.4, -0.2) is 28.9 Å². The topological polar surface area (TPSA) is 33.2 Å². The highest BCUT2D eigenvalue weighted by molar-refractivity contribution is 5.76. The van der Waals surface area contributed by atoms with Crippen molar-refractivity contribution in [3.05, 3.63) is 53.6 Å². The number of likely N-dealkylation sites (tertiary alicyclic amines) is 1. The van der Waals surface area contributed by atoms with Gasteiger partial charge in [-0.15, -0.1) is 0 Å². The molecule has 0 saturated carbocycles. The maximum atomic E-state index is 13.2. The predicted molar refractivity (Wildman–Crippen MR) is 97.8 cm³/mol. The summed E-state index contributed by atoms with van der Waals surface area (Å²) >= 11 is 0. The summed E-state index contributed by atoms with van der Waals surface area (Å²) in [7, 11) is 0. The number of hydrogen-bond acceptors (Lipinski definition) is 2. The van der Waals surface area contributed by atoms with Crippen molar-refractivity contribution in [1.29, 1.82) is 0 Å². The normalized spacial score (nSPS) is 17.6. The van der Waals surface area contributed by atoms with Crippen molar-refractivity contribution in [1.82, 2.24) is 9.88 Å². The van der Waals surface area contributed by atoms with E-state index in [9.17, 15) is 9.18 Å². The summed E-state index contributed by atoms with van der Waals surface area (Å²) in [6, 6.07) is 10.7. The lowest BCUT2D eigenvalue weighted by Gasteiger charge is -2.33. The molecular formula is C21H25FN2O. The second kappa shape index (κ2) is 7.77. The van der Waals surface area contributed by atoms with E-state index in [1.54, 1.807) is 12.1 Å². The first-order valence-electron chi connectivity index (χ1n) is 9.09. The molecule has 1 aromatic heterocycles. The van der Waals surface area contributed by atoms with Gasteiger partial charge in [-0.1, -0.05) is 19.1 Å². The third-order valence-corrected chi connectivity index (χ3v) is 4.81. The number of pyridine rings is 1. The van der Waals surface area contributed by atoms with Crippen molar-refractivity contribution in [2.75, 3.05) is 13.1 Å². The number of halogens is 1. The van der Waals surface area contributed by atoms with Crippen LogP contribution in [0.1, 0.15) is 49.9 Å². The monoisotopic (exact) mass is 340 g/mol. The Morgan fingerprint density at radius 3 is 2.72 bits per heavy atom. The molecule has 3 rings (SSSR count). The van der Waals surface area contributed by atoms with Crippen molar-refractivity contribution in [3.8, 4) is 11.1 Å². The van der Waals surface area contributed by atoms with Crippen LogP contribution in [0.3, 0.4) is 0 Å². The minimum Gasteiger partial charge on any atom is -0.342 e. The average molecular weight is 340 g/mol. The fourth-order valence-corrected chi connectivity index (χ4v) is 3.53. The highest BCUT2D eigenvalue weighted by atomic mass is 19.1. The van der Waals surface area contributed by atoms with Crippen LogP contribution < -0.4 is 0 Å². The molecule has 132 valence electrons.